The predicted octanol–water partition coefficient (Wildman–Crippen LogP) is 2.41. The van der Waals surface area contributed by atoms with Gasteiger partial charge >= 0.3 is 0 Å². The van der Waals surface area contributed by atoms with E-state index in [1.54, 1.807) is 7.11 Å². The van der Waals surface area contributed by atoms with Crippen molar-refractivity contribution in [1.29, 1.82) is 0 Å². The molecule has 1 rings (SSSR count). The van der Waals surface area contributed by atoms with Crippen LogP contribution in [-0.2, 0) is 0 Å². The minimum atomic E-state index is -0.574. The third-order valence-corrected chi connectivity index (χ3v) is 3.06. The van der Waals surface area contributed by atoms with Crippen LogP contribution in [0.5, 0.6) is 5.75 Å². The number of nitrogens with two attached hydrogens (primary N) is 1. The van der Waals surface area contributed by atoms with Gasteiger partial charge in [0.05, 0.1) is 19.3 Å². The summed E-state index contributed by atoms with van der Waals surface area (Å²) in [5.74, 6) is 0.809. The second-order valence-electron chi connectivity index (χ2n) is 5.56. The van der Waals surface area contributed by atoms with E-state index in [4.69, 9.17) is 10.5 Å². The van der Waals surface area contributed by atoms with E-state index in [0.717, 1.165) is 16.9 Å². The first-order valence-electron chi connectivity index (χ1n) is 5.85. The Morgan fingerprint density at radius 2 is 1.88 bits per heavy atom. The zero-order valence-electron chi connectivity index (χ0n) is 11.3. The smallest absolute Gasteiger partial charge is 0.119 e. The van der Waals surface area contributed by atoms with Crippen LogP contribution in [-0.4, -0.2) is 18.3 Å². The van der Waals surface area contributed by atoms with Crippen LogP contribution in [0.1, 0.15) is 37.9 Å². The molecule has 0 saturated carbocycles. The van der Waals surface area contributed by atoms with Crippen molar-refractivity contribution in [1.82, 2.24) is 0 Å². The van der Waals surface area contributed by atoms with E-state index in [0.29, 0.717) is 0 Å². The standard InChI is InChI=1S/C14H23NO2/c1-9-8-10(17-5)6-7-11(9)12(15)13(16)14(2,3)4/h6-8,12-13,16H,15H2,1-5H3/t12-,13-/m0/s1. The number of aliphatic hydroxyl groups excluding tert-OH is 1. The third kappa shape index (κ3) is 3.20. The van der Waals surface area contributed by atoms with Crippen molar-refractivity contribution in [2.75, 3.05) is 7.11 Å². The number of hydrogen-bond donors (Lipinski definition) is 2. The van der Waals surface area contributed by atoms with Crippen LogP contribution in [0, 0.1) is 12.3 Å². The van der Waals surface area contributed by atoms with Gasteiger partial charge in [-0.1, -0.05) is 26.8 Å². The van der Waals surface area contributed by atoms with Crippen LogP contribution in [0.4, 0.5) is 0 Å². The van der Waals surface area contributed by atoms with Gasteiger partial charge in [-0.2, -0.15) is 0 Å². The minimum absolute atomic E-state index is 0.230. The van der Waals surface area contributed by atoms with Crippen molar-refractivity contribution in [3.63, 3.8) is 0 Å². The zero-order chi connectivity index (χ0) is 13.2. The molecule has 0 radical (unpaired) electrons. The summed E-state index contributed by atoms with van der Waals surface area (Å²) in [7, 11) is 1.64. The largest absolute Gasteiger partial charge is 0.497 e. The molecule has 0 aliphatic carbocycles. The number of ether oxygens (including phenoxy) is 1. The van der Waals surface area contributed by atoms with Crippen molar-refractivity contribution in [3.05, 3.63) is 29.3 Å². The molecule has 17 heavy (non-hydrogen) atoms. The van der Waals surface area contributed by atoms with Gasteiger partial charge in [-0.3, -0.25) is 0 Å². The number of aliphatic hydroxyl groups is 1. The zero-order valence-corrected chi connectivity index (χ0v) is 11.3. The lowest BCUT2D eigenvalue weighted by molar-refractivity contribution is 0.0399. The monoisotopic (exact) mass is 237 g/mol. The van der Waals surface area contributed by atoms with Crippen LogP contribution in [0.2, 0.25) is 0 Å². The van der Waals surface area contributed by atoms with E-state index in [1.165, 1.54) is 0 Å². The van der Waals surface area contributed by atoms with E-state index >= 15 is 0 Å². The molecule has 1 aromatic rings. The van der Waals surface area contributed by atoms with Gasteiger partial charge in [0.15, 0.2) is 0 Å². The predicted molar refractivity (Wildman–Crippen MR) is 70.1 cm³/mol. The summed E-state index contributed by atoms with van der Waals surface area (Å²) in [5.41, 5.74) is 7.90. The van der Waals surface area contributed by atoms with Crippen LogP contribution < -0.4 is 10.5 Å². The summed E-state index contributed by atoms with van der Waals surface area (Å²) in [5, 5.41) is 10.2. The first-order chi connectivity index (χ1) is 7.77. The van der Waals surface area contributed by atoms with Crippen molar-refractivity contribution >= 4 is 0 Å². The van der Waals surface area contributed by atoms with Gasteiger partial charge in [0, 0.05) is 0 Å². The van der Waals surface area contributed by atoms with Crippen LogP contribution in [0.25, 0.3) is 0 Å². The highest BCUT2D eigenvalue weighted by atomic mass is 16.5. The third-order valence-electron chi connectivity index (χ3n) is 3.06. The highest BCUT2D eigenvalue weighted by Crippen LogP contribution is 2.31. The number of benzene rings is 1. The topological polar surface area (TPSA) is 55.5 Å². The molecule has 0 aliphatic heterocycles. The molecule has 96 valence electrons. The summed E-state index contributed by atoms with van der Waals surface area (Å²) < 4.78 is 5.15. The Kier molecular flexibility index (Phi) is 4.17. The molecule has 0 aliphatic rings. The van der Waals surface area contributed by atoms with E-state index in [9.17, 15) is 5.11 Å². The summed E-state index contributed by atoms with van der Waals surface area (Å²) in [4.78, 5) is 0. The van der Waals surface area contributed by atoms with Crippen LogP contribution in [0.3, 0.4) is 0 Å². The Balaban J connectivity index is 3.01. The number of methoxy groups -OCH3 is 1. The van der Waals surface area contributed by atoms with Crippen LogP contribution >= 0.6 is 0 Å². The molecule has 0 unspecified atom stereocenters. The van der Waals surface area contributed by atoms with Crippen LogP contribution in [0.15, 0.2) is 18.2 Å². The summed E-state index contributed by atoms with van der Waals surface area (Å²) in [6, 6.07) is 5.36. The second-order valence-corrected chi connectivity index (χ2v) is 5.56. The van der Waals surface area contributed by atoms with Gasteiger partial charge in [-0.15, -0.1) is 0 Å². The van der Waals surface area contributed by atoms with Gasteiger partial charge < -0.3 is 15.6 Å². The lowest BCUT2D eigenvalue weighted by Gasteiger charge is -2.31. The Bertz CT molecular complexity index is 382. The maximum Gasteiger partial charge on any atom is 0.119 e. The fourth-order valence-corrected chi connectivity index (χ4v) is 1.86. The van der Waals surface area contributed by atoms with E-state index in [-0.39, 0.29) is 11.5 Å². The molecular formula is C14H23NO2. The van der Waals surface area contributed by atoms with Gasteiger partial charge in [0.2, 0.25) is 0 Å². The molecule has 0 spiro atoms. The normalized spacial score (nSPS) is 15.5. The summed E-state index contributed by atoms with van der Waals surface area (Å²) in [6.45, 7) is 7.93. The molecule has 3 heteroatoms. The molecule has 0 saturated heterocycles. The molecule has 0 aromatic heterocycles. The average molecular weight is 237 g/mol. The Labute approximate surface area is 104 Å². The molecule has 3 nitrogen and oxygen atoms in total. The molecule has 0 fully saturated rings. The van der Waals surface area contributed by atoms with Crippen molar-refractivity contribution < 1.29 is 9.84 Å². The van der Waals surface area contributed by atoms with Gasteiger partial charge in [0.1, 0.15) is 5.75 Å². The molecule has 0 amide bonds. The molecule has 1 aromatic carbocycles. The van der Waals surface area contributed by atoms with Gasteiger partial charge in [0.25, 0.3) is 0 Å². The van der Waals surface area contributed by atoms with E-state index < -0.39 is 6.10 Å². The average Bonchev–Trinajstić information content (AvgIpc) is 2.25. The van der Waals surface area contributed by atoms with Gasteiger partial charge in [-0.25, -0.2) is 0 Å². The number of aryl methyl sites for hydroxylation is 1. The Hall–Kier alpha value is -1.06. The van der Waals surface area contributed by atoms with E-state index in [2.05, 4.69) is 0 Å². The van der Waals surface area contributed by atoms with Gasteiger partial charge in [-0.05, 0) is 35.6 Å². The Morgan fingerprint density at radius 3 is 2.29 bits per heavy atom. The maximum absolute atomic E-state index is 10.2. The first kappa shape index (κ1) is 14.0. The lowest BCUT2D eigenvalue weighted by atomic mass is 9.81. The second kappa shape index (κ2) is 5.07. The molecule has 2 atom stereocenters. The van der Waals surface area contributed by atoms with Crippen molar-refractivity contribution in [3.8, 4) is 5.75 Å². The SMILES string of the molecule is COc1ccc([C@H](N)[C@H](O)C(C)(C)C)c(C)c1. The molecule has 3 N–H and O–H groups in total. The summed E-state index contributed by atoms with van der Waals surface area (Å²) >= 11 is 0. The summed E-state index contributed by atoms with van der Waals surface area (Å²) in [6.07, 6.45) is -0.574. The quantitative estimate of drug-likeness (QED) is 0.848. The van der Waals surface area contributed by atoms with E-state index in [1.807, 2.05) is 45.9 Å². The number of hydrogen-bond acceptors (Lipinski definition) is 3. The first-order valence-corrected chi connectivity index (χ1v) is 5.85. The lowest BCUT2D eigenvalue weighted by Crippen LogP contribution is -2.37. The molecule has 0 heterocycles. The number of rotatable bonds is 3. The molecule has 0 bridgehead atoms. The van der Waals surface area contributed by atoms with Crippen molar-refractivity contribution in [2.45, 2.75) is 39.8 Å². The highest BCUT2D eigenvalue weighted by molar-refractivity contribution is 5.37. The minimum Gasteiger partial charge on any atom is -0.497 e. The fraction of sp³-hybridized carbons (Fsp3) is 0.571. The fourth-order valence-electron chi connectivity index (χ4n) is 1.86. The maximum atomic E-state index is 10.2. The molecular weight excluding hydrogens is 214 g/mol. The highest BCUT2D eigenvalue weighted by Gasteiger charge is 2.29. The van der Waals surface area contributed by atoms with Crippen molar-refractivity contribution in [2.24, 2.45) is 11.1 Å². The Morgan fingerprint density at radius 1 is 1.29 bits per heavy atom.